The summed E-state index contributed by atoms with van der Waals surface area (Å²) in [7, 11) is 0. The van der Waals surface area contributed by atoms with Gasteiger partial charge in [0, 0.05) is 12.5 Å². The second kappa shape index (κ2) is 5.72. The highest BCUT2D eigenvalue weighted by atomic mass is 16.5. The number of carbonyl (C=O) groups is 2. The van der Waals surface area contributed by atoms with Gasteiger partial charge in [0.2, 0.25) is 5.91 Å². The first-order valence-corrected chi connectivity index (χ1v) is 7.42. The number of aliphatic carboxylic acids is 1. The first kappa shape index (κ1) is 15.3. The fraction of sp³-hybridized carbons (Fsp3) is 0.867. The average molecular weight is 283 g/mol. The number of amides is 1. The summed E-state index contributed by atoms with van der Waals surface area (Å²) in [5.74, 6) is -0.302. The van der Waals surface area contributed by atoms with Crippen molar-refractivity contribution in [2.24, 2.45) is 17.3 Å². The minimum absolute atomic E-state index is 0.0290. The first-order chi connectivity index (χ1) is 9.28. The van der Waals surface area contributed by atoms with E-state index in [0.717, 1.165) is 19.3 Å². The normalized spacial score (nSPS) is 33.8. The Hall–Kier alpha value is -1.10. The van der Waals surface area contributed by atoms with E-state index >= 15 is 0 Å². The Labute approximate surface area is 120 Å². The van der Waals surface area contributed by atoms with Crippen LogP contribution in [-0.2, 0) is 14.3 Å². The van der Waals surface area contributed by atoms with Crippen LogP contribution in [-0.4, -0.2) is 47.7 Å². The Kier molecular flexibility index (Phi) is 4.37. The summed E-state index contributed by atoms with van der Waals surface area (Å²) in [5, 5.41) is 9.01. The van der Waals surface area contributed by atoms with Gasteiger partial charge in [0.25, 0.3) is 0 Å². The van der Waals surface area contributed by atoms with Crippen LogP contribution in [0.2, 0.25) is 0 Å². The molecule has 1 amide bonds. The Balaban J connectivity index is 2.01. The van der Waals surface area contributed by atoms with Gasteiger partial charge in [0.15, 0.2) is 6.10 Å². The summed E-state index contributed by atoms with van der Waals surface area (Å²) in [6.45, 7) is 7.62. The highest BCUT2D eigenvalue weighted by Crippen LogP contribution is 2.42. The number of hydrogen-bond acceptors (Lipinski definition) is 3. The molecular formula is C15H25NO4. The Morgan fingerprint density at radius 1 is 1.30 bits per heavy atom. The first-order valence-electron chi connectivity index (χ1n) is 7.42. The minimum Gasteiger partial charge on any atom is -0.479 e. The van der Waals surface area contributed by atoms with Crippen LogP contribution in [0.1, 0.15) is 40.0 Å². The molecule has 0 radical (unpaired) electrons. The summed E-state index contributed by atoms with van der Waals surface area (Å²) in [6, 6.07) is 0. The van der Waals surface area contributed by atoms with Crippen LogP contribution in [0.4, 0.5) is 0 Å². The van der Waals surface area contributed by atoms with Gasteiger partial charge in [-0.2, -0.15) is 0 Å². The Bertz CT molecular complexity index is 393. The van der Waals surface area contributed by atoms with E-state index in [1.807, 2.05) is 0 Å². The molecule has 0 spiro atoms. The summed E-state index contributed by atoms with van der Waals surface area (Å²) in [5.41, 5.74) is 0.191. The maximum atomic E-state index is 12.6. The van der Waals surface area contributed by atoms with Crippen LogP contribution in [0, 0.1) is 17.3 Å². The van der Waals surface area contributed by atoms with E-state index < -0.39 is 12.1 Å². The topological polar surface area (TPSA) is 66.8 Å². The van der Waals surface area contributed by atoms with E-state index in [0.29, 0.717) is 19.1 Å². The molecule has 0 aromatic heterocycles. The molecule has 1 heterocycles. The van der Waals surface area contributed by atoms with Crippen molar-refractivity contribution in [3.8, 4) is 0 Å². The number of rotatable bonds is 2. The molecule has 5 heteroatoms. The summed E-state index contributed by atoms with van der Waals surface area (Å²) in [6.07, 6.45) is 2.09. The molecule has 2 aliphatic rings. The van der Waals surface area contributed by atoms with Gasteiger partial charge >= 0.3 is 5.97 Å². The maximum absolute atomic E-state index is 12.6. The van der Waals surface area contributed by atoms with Gasteiger partial charge in [-0.15, -0.1) is 0 Å². The lowest BCUT2D eigenvalue weighted by Crippen LogP contribution is -2.51. The molecule has 1 saturated heterocycles. The molecule has 1 aliphatic carbocycles. The Morgan fingerprint density at radius 2 is 2.00 bits per heavy atom. The van der Waals surface area contributed by atoms with E-state index in [1.165, 1.54) is 0 Å². The molecule has 114 valence electrons. The zero-order chi connectivity index (χ0) is 14.9. The molecule has 3 atom stereocenters. The predicted molar refractivity (Wildman–Crippen MR) is 74.2 cm³/mol. The second-order valence-corrected chi connectivity index (χ2v) is 7.09. The van der Waals surface area contributed by atoms with Gasteiger partial charge in [-0.25, -0.2) is 4.79 Å². The van der Waals surface area contributed by atoms with E-state index in [1.54, 1.807) is 4.90 Å². The Morgan fingerprint density at radius 3 is 2.60 bits per heavy atom. The zero-order valence-electron chi connectivity index (χ0n) is 12.6. The SMILES string of the molecule is CC1CC(C(=O)N2CCOC(C(=O)O)C2)CC(C)(C)C1. The van der Waals surface area contributed by atoms with Gasteiger partial charge in [-0.3, -0.25) is 4.79 Å². The van der Waals surface area contributed by atoms with Crippen LogP contribution in [0.15, 0.2) is 0 Å². The van der Waals surface area contributed by atoms with Gasteiger partial charge in [0.05, 0.1) is 13.2 Å². The molecule has 0 bridgehead atoms. The van der Waals surface area contributed by atoms with Crippen molar-refractivity contribution in [2.45, 2.75) is 46.1 Å². The molecule has 2 fully saturated rings. The number of ether oxygens (including phenoxy) is 1. The van der Waals surface area contributed by atoms with Crippen molar-refractivity contribution in [3.05, 3.63) is 0 Å². The molecule has 20 heavy (non-hydrogen) atoms. The summed E-state index contributed by atoms with van der Waals surface area (Å²) in [4.78, 5) is 25.3. The van der Waals surface area contributed by atoms with Crippen molar-refractivity contribution >= 4 is 11.9 Å². The van der Waals surface area contributed by atoms with E-state index in [-0.39, 0.29) is 23.8 Å². The third-order valence-corrected chi connectivity index (χ3v) is 4.39. The number of carboxylic acids is 1. The zero-order valence-corrected chi connectivity index (χ0v) is 12.6. The van der Waals surface area contributed by atoms with E-state index in [2.05, 4.69) is 20.8 Å². The monoisotopic (exact) mass is 283 g/mol. The van der Waals surface area contributed by atoms with Crippen molar-refractivity contribution in [1.82, 2.24) is 4.90 Å². The average Bonchev–Trinajstić information content (AvgIpc) is 2.35. The fourth-order valence-corrected chi connectivity index (χ4v) is 3.79. The predicted octanol–water partition coefficient (Wildman–Crippen LogP) is 1.76. The molecule has 1 N–H and O–H groups in total. The minimum atomic E-state index is -0.986. The molecule has 2 rings (SSSR count). The summed E-state index contributed by atoms with van der Waals surface area (Å²) < 4.78 is 5.18. The number of hydrogen-bond donors (Lipinski definition) is 1. The lowest BCUT2D eigenvalue weighted by Gasteiger charge is -2.41. The van der Waals surface area contributed by atoms with Crippen LogP contribution >= 0.6 is 0 Å². The van der Waals surface area contributed by atoms with E-state index in [9.17, 15) is 9.59 Å². The summed E-state index contributed by atoms with van der Waals surface area (Å²) >= 11 is 0. The molecule has 0 aromatic carbocycles. The molecule has 3 unspecified atom stereocenters. The van der Waals surface area contributed by atoms with Gasteiger partial charge < -0.3 is 14.7 Å². The highest BCUT2D eigenvalue weighted by Gasteiger charge is 2.39. The molecule has 1 saturated carbocycles. The van der Waals surface area contributed by atoms with Crippen LogP contribution in [0.3, 0.4) is 0 Å². The van der Waals surface area contributed by atoms with Crippen molar-refractivity contribution in [1.29, 1.82) is 0 Å². The second-order valence-electron chi connectivity index (χ2n) is 7.09. The van der Waals surface area contributed by atoms with Crippen molar-refractivity contribution in [3.63, 3.8) is 0 Å². The number of carbonyl (C=O) groups excluding carboxylic acids is 1. The lowest BCUT2D eigenvalue weighted by atomic mass is 9.67. The largest absolute Gasteiger partial charge is 0.479 e. The van der Waals surface area contributed by atoms with Crippen LogP contribution in [0.5, 0.6) is 0 Å². The standard InChI is InChI=1S/C15H25NO4/c1-10-6-11(8-15(2,3)7-10)13(17)16-4-5-20-12(9-16)14(18)19/h10-12H,4-9H2,1-3H3,(H,18,19). The third kappa shape index (κ3) is 3.51. The quantitative estimate of drug-likeness (QED) is 0.838. The molecule has 1 aliphatic heterocycles. The fourth-order valence-electron chi connectivity index (χ4n) is 3.79. The van der Waals surface area contributed by atoms with Gasteiger partial charge in [-0.1, -0.05) is 20.8 Å². The molecular weight excluding hydrogens is 258 g/mol. The van der Waals surface area contributed by atoms with Crippen LogP contribution in [0.25, 0.3) is 0 Å². The van der Waals surface area contributed by atoms with Gasteiger partial charge in [-0.05, 0) is 30.6 Å². The van der Waals surface area contributed by atoms with Crippen LogP contribution < -0.4 is 0 Å². The van der Waals surface area contributed by atoms with E-state index in [4.69, 9.17) is 9.84 Å². The van der Waals surface area contributed by atoms with Gasteiger partial charge in [0.1, 0.15) is 0 Å². The molecule has 5 nitrogen and oxygen atoms in total. The molecule has 0 aromatic rings. The number of nitrogens with zero attached hydrogens (tertiary/aromatic N) is 1. The number of carboxylic acid groups (broad SMARTS) is 1. The lowest BCUT2D eigenvalue weighted by molar-refractivity contribution is -0.161. The third-order valence-electron chi connectivity index (χ3n) is 4.39. The highest BCUT2D eigenvalue weighted by molar-refractivity contribution is 5.80. The van der Waals surface area contributed by atoms with Crippen molar-refractivity contribution in [2.75, 3.05) is 19.7 Å². The smallest absolute Gasteiger partial charge is 0.334 e. The maximum Gasteiger partial charge on any atom is 0.334 e. The number of morpholine rings is 1. The van der Waals surface area contributed by atoms with Crippen molar-refractivity contribution < 1.29 is 19.4 Å².